The summed E-state index contributed by atoms with van der Waals surface area (Å²) in [6.45, 7) is 6.35. The van der Waals surface area contributed by atoms with Crippen molar-refractivity contribution < 1.29 is 8.42 Å². The Bertz CT molecular complexity index is 311. The molecule has 1 unspecified atom stereocenters. The molecule has 0 spiro atoms. The standard InChI is InChI=1S/C13H28N2O2S/c1-3-9-15(10-6-11-18(2,16)17)12-13-7-4-5-8-14-13/h13-14H,3-12H2,1-2H3. The summed E-state index contributed by atoms with van der Waals surface area (Å²) in [5, 5.41) is 3.55. The Labute approximate surface area is 112 Å². The predicted molar refractivity (Wildman–Crippen MR) is 76.7 cm³/mol. The highest BCUT2D eigenvalue weighted by molar-refractivity contribution is 7.90. The number of hydrogen-bond donors (Lipinski definition) is 1. The highest BCUT2D eigenvalue weighted by atomic mass is 32.2. The third-order valence-electron chi connectivity index (χ3n) is 3.42. The van der Waals surface area contributed by atoms with Crippen LogP contribution in [0.3, 0.4) is 0 Å². The smallest absolute Gasteiger partial charge is 0.147 e. The summed E-state index contributed by atoms with van der Waals surface area (Å²) in [4.78, 5) is 2.41. The number of nitrogens with one attached hydrogen (secondary N) is 1. The lowest BCUT2D eigenvalue weighted by Gasteiger charge is -2.30. The van der Waals surface area contributed by atoms with Gasteiger partial charge in [0.05, 0.1) is 5.75 Å². The molecule has 0 radical (unpaired) electrons. The maximum Gasteiger partial charge on any atom is 0.147 e. The summed E-state index contributed by atoms with van der Waals surface area (Å²) in [6.07, 6.45) is 7.07. The van der Waals surface area contributed by atoms with Crippen LogP contribution in [0.1, 0.15) is 39.0 Å². The van der Waals surface area contributed by atoms with Crippen LogP contribution in [0.4, 0.5) is 0 Å². The number of nitrogens with zero attached hydrogens (tertiary/aromatic N) is 1. The molecule has 0 aromatic carbocycles. The van der Waals surface area contributed by atoms with E-state index < -0.39 is 9.84 Å². The third-order valence-corrected chi connectivity index (χ3v) is 4.45. The van der Waals surface area contributed by atoms with Crippen LogP contribution < -0.4 is 5.32 Å². The maximum atomic E-state index is 11.1. The Balaban J connectivity index is 2.29. The van der Waals surface area contributed by atoms with Gasteiger partial charge in [-0.1, -0.05) is 13.3 Å². The van der Waals surface area contributed by atoms with Crippen molar-refractivity contribution >= 4 is 9.84 Å². The Hall–Kier alpha value is -0.130. The van der Waals surface area contributed by atoms with Crippen LogP contribution in [0.15, 0.2) is 0 Å². The minimum absolute atomic E-state index is 0.311. The summed E-state index contributed by atoms with van der Waals surface area (Å²) in [6, 6.07) is 0.600. The number of sulfone groups is 1. The molecule has 4 nitrogen and oxygen atoms in total. The molecule has 0 aromatic rings. The summed E-state index contributed by atoms with van der Waals surface area (Å²) < 4.78 is 22.3. The summed E-state index contributed by atoms with van der Waals surface area (Å²) in [7, 11) is -2.81. The third kappa shape index (κ3) is 7.34. The molecule has 1 atom stereocenters. The molecule has 1 N–H and O–H groups in total. The molecule has 0 amide bonds. The van der Waals surface area contributed by atoms with E-state index >= 15 is 0 Å². The molecule has 18 heavy (non-hydrogen) atoms. The normalized spacial score (nSPS) is 21.4. The largest absolute Gasteiger partial charge is 0.313 e. The van der Waals surface area contributed by atoms with Crippen molar-refractivity contribution in [2.75, 3.05) is 38.2 Å². The first-order valence-electron chi connectivity index (χ1n) is 7.14. The van der Waals surface area contributed by atoms with Crippen molar-refractivity contribution in [1.82, 2.24) is 10.2 Å². The fraction of sp³-hybridized carbons (Fsp3) is 1.00. The molecule has 1 heterocycles. The maximum absolute atomic E-state index is 11.1. The second-order valence-electron chi connectivity index (χ2n) is 5.43. The SMILES string of the molecule is CCCN(CCCS(C)(=O)=O)CC1CCCCN1. The first-order valence-corrected chi connectivity index (χ1v) is 9.21. The Morgan fingerprint density at radius 1 is 1.28 bits per heavy atom. The lowest BCUT2D eigenvalue weighted by Crippen LogP contribution is -2.44. The van der Waals surface area contributed by atoms with E-state index in [1.54, 1.807) is 0 Å². The van der Waals surface area contributed by atoms with E-state index in [2.05, 4.69) is 17.1 Å². The Morgan fingerprint density at radius 3 is 2.61 bits per heavy atom. The van der Waals surface area contributed by atoms with E-state index in [-0.39, 0.29) is 0 Å². The lowest BCUT2D eigenvalue weighted by atomic mass is 10.0. The first-order chi connectivity index (χ1) is 8.51. The minimum atomic E-state index is -2.81. The second-order valence-corrected chi connectivity index (χ2v) is 7.69. The molecule has 108 valence electrons. The van der Waals surface area contributed by atoms with Crippen molar-refractivity contribution in [3.05, 3.63) is 0 Å². The molecule has 1 aliphatic heterocycles. The van der Waals surface area contributed by atoms with Gasteiger partial charge in [-0.25, -0.2) is 8.42 Å². The highest BCUT2D eigenvalue weighted by Crippen LogP contribution is 2.09. The second kappa shape index (κ2) is 8.12. The predicted octanol–water partition coefficient (Wildman–Crippen LogP) is 1.28. The van der Waals surface area contributed by atoms with E-state index in [1.165, 1.54) is 25.5 Å². The number of piperidine rings is 1. The van der Waals surface area contributed by atoms with Crippen LogP contribution in [0, 0.1) is 0 Å². The molecule has 0 saturated carbocycles. The molecule has 1 rings (SSSR count). The molecule has 0 bridgehead atoms. The molecule has 1 saturated heterocycles. The average molecular weight is 276 g/mol. The van der Waals surface area contributed by atoms with Gasteiger partial charge in [0.15, 0.2) is 0 Å². The van der Waals surface area contributed by atoms with Gasteiger partial charge >= 0.3 is 0 Å². The zero-order valence-corrected chi connectivity index (χ0v) is 12.6. The van der Waals surface area contributed by atoms with Crippen molar-refractivity contribution in [3.63, 3.8) is 0 Å². The van der Waals surface area contributed by atoms with Crippen LogP contribution in [0.2, 0.25) is 0 Å². The average Bonchev–Trinajstić information content (AvgIpc) is 2.29. The van der Waals surface area contributed by atoms with E-state index in [4.69, 9.17) is 0 Å². The fourth-order valence-electron chi connectivity index (χ4n) is 2.55. The van der Waals surface area contributed by atoms with Crippen LogP contribution in [0.5, 0.6) is 0 Å². The van der Waals surface area contributed by atoms with E-state index in [0.717, 1.165) is 39.0 Å². The van der Waals surface area contributed by atoms with Crippen molar-refractivity contribution in [2.24, 2.45) is 0 Å². The molecule has 1 fully saturated rings. The minimum Gasteiger partial charge on any atom is -0.313 e. The van der Waals surface area contributed by atoms with E-state index in [1.807, 2.05) is 0 Å². The summed E-state index contributed by atoms with van der Waals surface area (Å²) in [5.41, 5.74) is 0. The van der Waals surface area contributed by atoms with Gasteiger partial charge in [0.1, 0.15) is 9.84 Å². The van der Waals surface area contributed by atoms with Crippen molar-refractivity contribution in [3.8, 4) is 0 Å². The van der Waals surface area contributed by atoms with Gasteiger partial charge in [0, 0.05) is 18.8 Å². The van der Waals surface area contributed by atoms with Crippen LogP contribution in [-0.2, 0) is 9.84 Å². The molecular formula is C13H28N2O2S. The van der Waals surface area contributed by atoms with Gasteiger partial charge < -0.3 is 10.2 Å². The fourth-order valence-corrected chi connectivity index (χ4v) is 3.21. The van der Waals surface area contributed by atoms with E-state index in [0.29, 0.717) is 11.8 Å². The van der Waals surface area contributed by atoms with Crippen LogP contribution in [-0.4, -0.2) is 57.5 Å². The molecule has 0 aliphatic carbocycles. The van der Waals surface area contributed by atoms with Crippen molar-refractivity contribution in [2.45, 2.75) is 45.1 Å². The monoisotopic (exact) mass is 276 g/mol. The van der Waals surface area contributed by atoms with Gasteiger partial charge in [-0.2, -0.15) is 0 Å². The van der Waals surface area contributed by atoms with Gasteiger partial charge in [0.25, 0.3) is 0 Å². The van der Waals surface area contributed by atoms with Gasteiger partial charge in [-0.15, -0.1) is 0 Å². The number of rotatable bonds is 8. The van der Waals surface area contributed by atoms with Crippen LogP contribution >= 0.6 is 0 Å². The zero-order chi connectivity index (χ0) is 13.4. The number of hydrogen-bond acceptors (Lipinski definition) is 4. The highest BCUT2D eigenvalue weighted by Gasteiger charge is 2.16. The Kier molecular flexibility index (Phi) is 7.19. The van der Waals surface area contributed by atoms with Gasteiger partial charge in [-0.3, -0.25) is 0 Å². The van der Waals surface area contributed by atoms with Crippen molar-refractivity contribution in [1.29, 1.82) is 0 Å². The quantitative estimate of drug-likeness (QED) is 0.725. The topological polar surface area (TPSA) is 49.4 Å². The lowest BCUT2D eigenvalue weighted by molar-refractivity contribution is 0.225. The first kappa shape index (κ1) is 15.9. The summed E-state index contributed by atoms with van der Waals surface area (Å²) in [5.74, 6) is 0.311. The molecular weight excluding hydrogens is 248 g/mol. The van der Waals surface area contributed by atoms with Crippen LogP contribution in [0.25, 0.3) is 0 Å². The summed E-state index contributed by atoms with van der Waals surface area (Å²) >= 11 is 0. The molecule has 0 aromatic heterocycles. The van der Waals surface area contributed by atoms with E-state index in [9.17, 15) is 8.42 Å². The van der Waals surface area contributed by atoms with Gasteiger partial charge in [0.2, 0.25) is 0 Å². The zero-order valence-electron chi connectivity index (χ0n) is 11.8. The molecule has 5 heteroatoms. The molecule has 1 aliphatic rings. The Morgan fingerprint density at radius 2 is 2.06 bits per heavy atom. The van der Waals surface area contributed by atoms with Gasteiger partial charge in [-0.05, 0) is 45.3 Å².